The van der Waals surface area contributed by atoms with Gasteiger partial charge in [-0.15, -0.1) is 0 Å². The zero-order chi connectivity index (χ0) is 38.1. The lowest BCUT2D eigenvalue weighted by molar-refractivity contribution is -0.276. The Morgan fingerprint density at radius 1 is 0.426 bits per heavy atom. The third-order valence-electron chi connectivity index (χ3n) is 10.9. The van der Waals surface area contributed by atoms with Crippen LogP contribution in [0.4, 0.5) is 0 Å². The van der Waals surface area contributed by atoms with E-state index < -0.39 is 40.1 Å². The summed E-state index contributed by atoms with van der Waals surface area (Å²) >= 11 is 0. The van der Waals surface area contributed by atoms with Gasteiger partial charge >= 0.3 is 17.9 Å². The second-order valence-corrected chi connectivity index (χ2v) is 14.7. The number of rotatable bonds is 13. The molecule has 0 aliphatic heterocycles. The van der Waals surface area contributed by atoms with Gasteiger partial charge in [-0.3, -0.25) is 4.79 Å². The molecule has 0 heterocycles. The van der Waals surface area contributed by atoms with Crippen molar-refractivity contribution in [3.63, 3.8) is 0 Å². The molecule has 11 heteroatoms. The summed E-state index contributed by atoms with van der Waals surface area (Å²) in [7, 11) is 5.90. The number of benzene rings is 4. The lowest BCUT2D eigenvalue weighted by atomic mass is 9.43. The maximum absolute atomic E-state index is 14.4. The molecule has 0 amide bonds. The van der Waals surface area contributed by atoms with E-state index in [2.05, 4.69) is 0 Å². The topological polar surface area (TPSA) is 133 Å². The van der Waals surface area contributed by atoms with Crippen molar-refractivity contribution in [3.8, 4) is 23.0 Å². The van der Waals surface area contributed by atoms with Crippen molar-refractivity contribution in [2.24, 2.45) is 5.41 Å². The largest absolute Gasteiger partial charge is 0.496 e. The maximum atomic E-state index is 14.4. The Morgan fingerprint density at radius 2 is 0.704 bits per heavy atom. The first-order valence-electron chi connectivity index (χ1n) is 17.7. The molecule has 4 saturated carbocycles. The molecule has 0 unspecified atom stereocenters. The quantitative estimate of drug-likeness (QED) is 0.0771. The van der Waals surface area contributed by atoms with Crippen molar-refractivity contribution in [1.29, 1.82) is 0 Å². The van der Waals surface area contributed by atoms with Crippen LogP contribution < -0.4 is 18.9 Å². The van der Waals surface area contributed by atoms with E-state index in [-0.39, 0.29) is 67.4 Å². The number of ketones is 1. The summed E-state index contributed by atoms with van der Waals surface area (Å²) < 4.78 is 41.7. The van der Waals surface area contributed by atoms with E-state index in [1.165, 1.54) is 28.4 Å². The molecule has 8 rings (SSSR count). The van der Waals surface area contributed by atoms with Gasteiger partial charge in [0, 0.05) is 25.7 Å². The van der Waals surface area contributed by atoms with Gasteiger partial charge in [0.25, 0.3) is 0 Å². The average molecular weight is 735 g/mol. The lowest BCUT2D eigenvalue weighted by Crippen LogP contribution is -2.72. The van der Waals surface area contributed by atoms with Gasteiger partial charge in [0.1, 0.15) is 56.5 Å². The third-order valence-corrected chi connectivity index (χ3v) is 10.9. The Bertz CT molecular complexity index is 1770. The number of carbonyl (C=O) groups excluding carboxylic acids is 4. The van der Waals surface area contributed by atoms with Crippen molar-refractivity contribution in [1.82, 2.24) is 0 Å². The van der Waals surface area contributed by atoms with Gasteiger partial charge in [-0.1, -0.05) is 48.5 Å². The number of Topliss-reactive ketones (excluding diaryl/α,β-unsaturated/α-hetero) is 1. The predicted molar refractivity (Wildman–Crippen MR) is 195 cm³/mol. The summed E-state index contributed by atoms with van der Waals surface area (Å²) in [5.74, 6) is -0.792. The second kappa shape index (κ2) is 14.2. The molecule has 0 saturated heterocycles. The van der Waals surface area contributed by atoms with Crippen LogP contribution in [-0.4, -0.2) is 68.9 Å². The number of para-hydroxylation sites is 4. The normalized spacial score (nSPS) is 24.9. The van der Waals surface area contributed by atoms with Crippen LogP contribution in [0.3, 0.4) is 0 Å². The average Bonchev–Trinajstić information content (AvgIpc) is 3.16. The van der Waals surface area contributed by atoms with Gasteiger partial charge in [-0.2, -0.15) is 0 Å². The summed E-state index contributed by atoms with van der Waals surface area (Å²) in [6.07, 6.45) is 1.07. The maximum Gasteiger partial charge on any atom is 0.342 e. The Morgan fingerprint density at radius 3 is 1.02 bits per heavy atom. The first-order chi connectivity index (χ1) is 26.0. The fourth-order valence-corrected chi connectivity index (χ4v) is 9.58. The van der Waals surface area contributed by atoms with Gasteiger partial charge in [-0.25, -0.2) is 14.4 Å². The number of hydrogen-bond acceptors (Lipinski definition) is 11. The zero-order valence-corrected chi connectivity index (χ0v) is 30.7. The van der Waals surface area contributed by atoms with Crippen molar-refractivity contribution < 1.29 is 52.3 Å². The Balaban J connectivity index is 1.36. The zero-order valence-electron chi connectivity index (χ0n) is 30.7. The molecule has 0 radical (unpaired) electrons. The van der Waals surface area contributed by atoms with E-state index in [9.17, 15) is 19.2 Å². The van der Waals surface area contributed by atoms with Crippen LogP contribution in [0.2, 0.25) is 0 Å². The highest BCUT2D eigenvalue weighted by molar-refractivity contribution is 5.99. The molecule has 11 nitrogen and oxygen atoms in total. The molecule has 4 aromatic carbocycles. The summed E-state index contributed by atoms with van der Waals surface area (Å²) in [5, 5.41) is 0. The standard InChI is InChI=1S/C43H42O11/c1-48-33-17-9-5-13-28(33)32(44)21-40-22-41(52-37(45)29-14-6-10-18-34(29)49-2)25-42(23-40,53-38(46)30-15-7-11-19-35(30)50-3)27-43(24-40,26-41)54-39(47)31-16-8-12-20-36(31)51-4/h5-20H,21-27H2,1-4H3. The monoisotopic (exact) mass is 734 g/mol. The molecular weight excluding hydrogens is 692 g/mol. The van der Waals surface area contributed by atoms with Gasteiger partial charge in [0.2, 0.25) is 0 Å². The number of methoxy groups -OCH3 is 4. The van der Waals surface area contributed by atoms with E-state index in [1.54, 1.807) is 97.1 Å². The minimum absolute atomic E-state index is 0.0246. The van der Waals surface area contributed by atoms with Crippen LogP contribution >= 0.6 is 0 Å². The molecule has 0 N–H and O–H groups in total. The number of esters is 3. The Labute approximate surface area is 313 Å². The molecule has 4 aliphatic rings. The SMILES string of the molecule is COc1ccccc1C(=O)CC12CC3(OC(=O)c4ccccc4OC)CC(OC(=O)c4ccccc4OC)(C1)CC(OC(=O)c1ccccc1OC)(C2)C3. The minimum atomic E-state index is -1.32. The molecule has 4 aromatic rings. The summed E-state index contributed by atoms with van der Waals surface area (Å²) in [6.45, 7) is 0. The molecule has 0 aromatic heterocycles. The van der Waals surface area contributed by atoms with Crippen LogP contribution in [-0.2, 0) is 14.2 Å². The summed E-state index contributed by atoms with van der Waals surface area (Å²) in [5.41, 5.74) is -3.92. The van der Waals surface area contributed by atoms with Gasteiger partial charge in [0.05, 0.1) is 34.0 Å². The molecule has 0 spiro atoms. The number of hydrogen-bond donors (Lipinski definition) is 0. The third kappa shape index (κ3) is 6.74. The molecule has 4 aliphatic carbocycles. The van der Waals surface area contributed by atoms with Crippen LogP contribution in [0.1, 0.15) is 86.4 Å². The molecule has 4 bridgehead atoms. The van der Waals surface area contributed by atoms with Crippen molar-refractivity contribution in [3.05, 3.63) is 119 Å². The molecule has 280 valence electrons. The predicted octanol–water partition coefficient (Wildman–Crippen LogP) is 7.45. The van der Waals surface area contributed by atoms with Crippen LogP contribution in [0.15, 0.2) is 97.1 Å². The van der Waals surface area contributed by atoms with E-state index in [0.717, 1.165) is 0 Å². The van der Waals surface area contributed by atoms with Gasteiger partial charge < -0.3 is 33.2 Å². The molecule has 4 fully saturated rings. The molecular formula is C43H42O11. The first kappa shape index (κ1) is 36.5. The van der Waals surface area contributed by atoms with Crippen molar-refractivity contribution in [2.45, 2.75) is 61.7 Å². The highest BCUT2D eigenvalue weighted by atomic mass is 16.6. The minimum Gasteiger partial charge on any atom is -0.496 e. The van der Waals surface area contributed by atoms with Crippen molar-refractivity contribution in [2.75, 3.05) is 28.4 Å². The fraction of sp³-hybridized carbons (Fsp3) is 0.349. The van der Waals surface area contributed by atoms with E-state index >= 15 is 0 Å². The Hall–Kier alpha value is -5.84. The summed E-state index contributed by atoms with van der Waals surface area (Å²) in [6, 6.07) is 27.1. The van der Waals surface area contributed by atoms with E-state index in [0.29, 0.717) is 28.6 Å². The van der Waals surface area contributed by atoms with Crippen LogP contribution in [0, 0.1) is 5.41 Å². The van der Waals surface area contributed by atoms with E-state index in [4.69, 9.17) is 33.2 Å². The highest BCUT2D eigenvalue weighted by Gasteiger charge is 2.73. The highest BCUT2D eigenvalue weighted by Crippen LogP contribution is 2.69. The number of carbonyl (C=O) groups is 4. The molecule has 54 heavy (non-hydrogen) atoms. The van der Waals surface area contributed by atoms with Gasteiger partial charge in [-0.05, 0) is 73.2 Å². The lowest BCUT2D eigenvalue weighted by Gasteiger charge is -2.67. The first-order valence-corrected chi connectivity index (χ1v) is 17.7. The number of ether oxygens (including phenoxy) is 7. The Kier molecular flexibility index (Phi) is 9.59. The van der Waals surface area contributed by atoms with E-state index in [1.807, 2.05) is 0 Å². The molecule has 0 atom stereocenters. The van der Waals surface area contributed by atoms with Crippen LogP contribution in [0.25, 0.3) is 0 Å². The second-order valence-electron chi connectivity index (χ2n) is 14.7. The van der Waals surface area contributed by atoms with Crippen molar-refractivity contribution >= 4 is 23.7 Å². The fourth-order valence-electron chi connectivity index (χ4n) is 9.58. The van der Waals surface area contributed by atoms with Crippen LogP contribution in [0.5, 0.6) is 23.0 Å². The summed E-state index contributed by atoms with van der Waals surface area (Å²) in [4.78, 5) is 56.9. The smallest absolute Gasteiger partial charge is 0.342 e. The van der Waals surface area contributed by atoms with Gasteiger partial charge in [0.15, 0.2) is 5.78 Å².